The summed E-state index contributed by atoms with van der Waals surface area (Å²) in [6.45, 7) is 0.601. The zero-order valence-corrected chi connectivity index (χ0v) is 11.3. The fraction of sp³-hybridized carbons (Fsp3) is 0.0769. The zero-order chi connectivity index (χ0) is 13.9. The highest BCUT2D eigenvalue weighted by Gasteiger charge is 2.06. The van der Waals surface area contributed by atoms with E-state index in [9.17, 15) is 0 Å². The van der Waals surface area contributed by atoms with Gasteiger partial charge in [-0.1, -0.05) is 23.7 Å². The molecule has 0 atom stereocenters. The van der Waals surface area contributed by atoms with Crippen LogP contribution in [0.25, 0.3) is 5.65 Å². The van der Waals surface area contributed by atoms with Crippen LogP contribution >= 0.6 is 11.6 Å². The maximum Gasteiger partial charge on any atom is 0.180 e. The van der Waals surface area contributed by atoms with E-state index >= 15 is 0 Å². The maximum atomic E-state index is 5.97. The molecule has 20 heavy (non-hydrogen) atoms. The predicted molar refractivity (Wildman–Crippen MR) is 79.6 cm³/mol. The first-order valence-corrected chi connectivity index (χ1v) is 6.43. The van der Waals surface area contributed by atoms with Crippen molar-refractivity contribution in [3.63, 3.8) is 0 Å². The molecular weight excluding hydrogens is 276 g/mol. The molecule has 0 amide bonds. The Morgan fingerprint density at radius 1 is 1.35 bits per heavy atom. The van der Waals surface area contributed by atoms with E-state index in [4.69, 9.17) is 17.4 Å². The fourth-order valence-electron chi connectivity index (χ4n) is 1.95. The minimum Gasteiger partial charge on any atom is -0.363 e. The molecule has 4 N–H and O–H groups in total. The molecule has 0 spiro atoms. The number of benzene rings is 1. The minimum atomic E-state index is 0.559. The van der Waals surface area contributed by atoms with Gasteiger partial charge >= 0.3 is 0 Å². The van der Waals surface area contributed by atoms with Crippen LogP contribution in [0, 0.1) is 0 Å². The second kappa shape index (κ2) is 5.36. The van der Waals surface area contributed by atoms with Crippen molar-refractivity contribution in [3.05, 3.63) is 53.4 Å². The highest BCUT2D eigenvalue weighted by atomic mass is 35.5. The molecule has 3 aromatic rings. The molecule has 2 aromatic heterocycles. The number of imidazole rings is 1. The van der Waals surface area contributed by atoms with Crippen LogP contribution in [0.3, 0.4) is 0 Å². The molecule has 0 saturated carbocycles. The molecule has 1 aromatic carbocycles. The van der Waals surface area contributed by atoms with Crippen LogP contribution in [0.4, 0.5) is 11.6 Å². The Morgan fingerprint density at radius 2 is 2.25 bits per heavy atom. The molecule has 0 aliphatic heterocycles. The van der Waals surface area contributed by atoms with Gasteiger partial charge in [-0.2, -0.15) is 0 Å². The van der Waals surface area contributed by atoms with Crippen molar-refractivity contribution in [2.45, 2.75) is 6.54 Å². The van der Waals surface area contributed by atoms with E-state index in [0.717, 1.165) is 11.2 Å². The van der Waals surface area contributed by atoms with Crippen LogP contribution in [0.5, 0.6) is 0 Å². The Labute approximate surface area is 120 Å². The average Bonchev–Trinajstić information content (AvgIpc) is 2.93. The summed E-state index contributed by atoms with van der Waals surface area (Å²) in [4.78, 5) is 8.63. The van der Waals surface area contributed by atoms with E-state index in [1.54, 1.807) is 12.4 Å². The molecule has 2 heterocycles. The highest BCUT2D eigenvalue weighted by molar-refractivity contribution is 6.30. The number of halogens is 1. The van der Waals surface area contributed by atoms with Crippen LogP contribution in [0.2, 0.25) is 5.02 Å². The topological polar surface area (TPSA) is 80.3 Å². The van der Waals surface area contributed by atoms with Crippen molar-refractivity contribution in [2.75, 3.05) is 10.7 Å². The lowest BCUT2D eigenvalue weighted by Gasteiger charge is -2.09. The minimum absolute atomic E-state index is 0.559. The van der Waals surface area contributed by atoms with Crippen LogP contribution in [0.1, 0.15) is 5.56 Å². The van der Waals surface area contributed by atoms with Gasteiger partial charge in [0.05, 0.1) is 6.20 Å². The second-order valence-corrected chi connectivity index (χ2v) is 4.70. The smallest absolute Gasteiger partial charge is 0.180 e. The van der Waals surface area contributed by atoms with Gasteiger partial charge < -0.3 is 15.1 Å². The van der Waals surface area contributed by atoms with E-state index in [1.807, 2.05) is 34.9 Å². The van der Waals surface area contributed by atoms with E-state index in [1.165, 1.54) is 0 Å². The zero-order valence-electron chi connectivity index (χ0n) is 10.5. The van der Waals surface area contributed by atoms with Gasteiger partial charge in [0.25, 0.3) is 0 Å². The van der Waals surface area contributed by atoms with Crippen molar-refractivity contribution in [2.24, 2.45) is 5.84 Å². The quantitative estimate of drug-likeness (QED) is 0.507. The number of fused-ring (bicyclic) bond motifs is 1. The lowest BCUT2D eigenvalue weighted by Crippen LogP contribution is -2.12. The average molecular weight is 289 g/mol. The first-order valence-electron chi connectivity index (χ1n) is 6.05. The molecule has 0 radical (unpaired) electrons. The molecular formula is C13H13ClN6. The van der Waals surface area contributed by atoms with Crippen LogP contribution < -0.4 is 16.6 Å². The van der Waals surface area contributed by atoms with Crippen molar-refractivity contribution >= 4 is 28.9 Å². The molecule has 0 unspecified atom stereocenters. The third kappa shape index (κ3) is 2.52. The summed E-state index contributed by atoms with van der Waals surface area (Å²) in [7, 11) is 0. The summed E-state index contributed by atoms with van der Waals surface area (Å²) in [6.07, 6.45) is 5.32. The van der Waals surface area contributed by atoms with Crippen molar-refractivity contribution in [1.29, 1.82) is 0 Å². The van der Waals surface area contributed by atoms with Gasteiger partial charge in [-0.25, -0.2) is 15.8 Å². The van der Waals surface area contributed by atoms with Gasteiger partial charge in [0.15, 0.2) is 17.3 Å². The Kier molecular flexibility index (Phi) is 3.41. The molecule has 0 aliphatic carbocycles. The molecule has 0 bridgehead atoms. The molecule has 0 aliphatic rings. The highest BCUT2D eigenvalue weighted by Crippen LogP contribution is 2.17. The first-order chi connectivity index (χ1) is 9.76. The van der Waals surface area contributed by atoms with E-state index in [2.05, 4.69) is 20.7 Å². The van der Waals surface area contributed by atoms with Gasteiger partial charge in [-0.15, -0.1) is 0 Å². The molecule has 7 heteroatoms. The number of nitrogens with one attached hydrogen (secondary N) is 2. The molecule has 0 fully saturated rings. The van der Waals surface area contributed by atoms with Gasteiger partial charge in [0.2, 0.25) is 0 Å². The summed E-state index contributed by atoms with van der Waals surface area (Å²) in [5.74, 6) is 6.63. The lowest BCUT2D eigenvalue weighted by atomic mass is 10.2. The Bertz CT molecular complexity index is 739. The van der Waals surface area contributed by atoms with Crippen LogP contribution in [0.15, 0.2) is 42.9 Å². The predicted octanol–water partition coefficient (Wildman–Crippen LogP) is 2.28. The van der Waals surface area contributed by atoms with E-state index < -0.39 is 0 Å². The lowest BCUT2D eigenvalue weighted by molar-refractivity contribution is 1.06. The first kappa shape index (κ1) is 12.7. The third-order valence-corrected chi connectivity index (χ3v) is 3.11. The number of rotatable bonds is 4. The summed E-state index contributed by atoms with van der Waals surface area (Å²) in [6, 6.07) is 7.65. The Morgan fingerprint density at radius 3 is 3.05 bits per heavy atom. The van der Waals surface area contributed by atoms with Gasteiger partial charge in [0.1, 0.15) is 0 Å². The van der Waals surface area contributed by atoms with Crippen LogP contribution in [-0.2, 0) is 6.54 Å². The molecule has 0 saturated heterocycles. The van der Waals surface area contributed by atoms with E-state index in [-0.39, 0.29) is 0 Å². The number of hydrogen-bond acceptors (Lipinski definition) is 5. The largest absolute Gasteiger partial charge is 0.363 e. The van der Waals surface area contributed by atoms with E-state index in [0.29, 0.717) is 23.2 Å². The van der Waals surface area contributed by atoms with Crippen molar-refractivity contribution < 1.29 is 0 Å². The summed E-state index contributed by atoms with van der Waals surface area (Å²) in [5.41, 5.74) is 4.34. The number of nitrogens with two attached hydrogens (primary N) is 1. The Balaban J connectivity index is 1.88. The summed E-state index contributed by atoms with van der Waals surface area (Å²) in [5, 5.41) is 3.95. The number of nitrogens with zero attached hydrogens (tertiary/aromatic N) is 3. The van der Waals surface area contributed by atoms with Gasteiger partial charge in [-0.05, 0) is 17.7 Å². The number of anilines is 2. The fourth-order valence-corrected chi connectivity index (χ4v) is 2.17. The normalized spacial score (nSPS) is 10.7. The summed E-state index contributed by atoms with van der Waals surface area (Å²) >= 11 is 5.97. The van der Waals surface area contributed by atoms with Crippen molar-refractivity contribution in [1.82, 2.24) is 14.4 Å². The monoisotopic (exact) mass is 288 g/mol. The number of aromatic nitrogens is 3. The van der Waals surface area contributed by atoms with Crippen molar-refractivity contribution in [3.8, 4) is 0 Å². The molecule has 6 nitrogen and oxygen atoms in total. The SMILES string of the molecule is NNc1cn2ccnc2c(NCc2cccc(Cl)c2)n1. The number of hydrogen-bond donors (Lipinski definition) is 3. The number of hydrazine groups is 1. The maximum absolute atomic E-state index is 5.97. The van der Waals surface area contributed by atoms with Gasteiger partial charge in [-0.3, -0.25) is 0 Å². The third-order valence-electron chi connectivity index (χ3n) is 2.87. The molecule has 3 rings (SSSR count). The standard InChI is InChI=1S/C13H13ClN6/c14-10-3-1-2-9(6-10)7-17-12-13-16-4-5-20(13)8-11(18-12)19-15/h1-6,8,19H,7,15H2,(H,17,18). The Hall–Kier alpha value is -2.31. The second-order valence-electron chi connectivity index (χ2n) is 4.26. The number of nitrogen functional groups attached to an aromatic ring is 1. The summed E-state index contributed by atoms with van der Waals surface area (Å²) < 4.78 is 1.85. The van der Waals surface area contributed by atoms with Crippen LogP contribution in [-0.4, -0.2) is 14.4 Å². The molecule has 102 valence electrons. The van der Waals surface area contributed by atoms with Gasteiger partial charge in [0, 0.05) is 24.0 Å².